The summed E-state index contributed by atoms with van der Waals surface area (Å²) < 4.78 is 32.6. The first-order chi connectivity index (χ1) is 18.2. The van der Waals surface area contributed by atoms with E-state index in [0.29, 0.717) is 28.0 Å². The first kappa shape index (κ1) is 25.3. The lowest BCUT2D eigenvalue weighted by Gasteiger charge is -2.13. The zero-order chi connectivity index (χ0) is 27.0. The number of alkyl halides is 2. The molecule has 8 nitrogen and oxygen atoms in total. The smallest absolute Gasteiger partial charge is 0.280 e. The van der Waals surface area contributed by atoms with Crippen LogP contribution in [0.5, 0.6) is 5.75 Å². The molecule has 2 amide bonds. The molecule has 11 heteroatoms. The van der Waals surface area contributed by atoms with Crippen LogP contribution in [0.25, 0.3) is 21.3 Å². The van der Waals surface area contributed by atoms with Gasteiger partial charge in [-0.3, -0.25) is 9.59 Å². The lowest BCUT2D eigenvalue weighted by Crippen LogP contribution is -2.29. The third-order valence-corrected chi connectivity index (χ3v) is 7.22. The molecule has 38 heavy (non-hydrogen) atoms. The number of methoxy groups -OCH3 is 1. The van der Waals surface area contributed by atoms with Crippen LogP contribution >= 0.6 is 11.3 Å². The molecule has 0 saturated carbocycles. The van der Waals surface area contributed by atoms with E-state index in [0.717, 1.165) is 22.5 Å². The van der Waals surface area contributed by atoms with Crippen molar-refractivity contribution in [1.29, 1.82) is 0 Å². The molecule has 1 aliphatic heterocycles. The van der Waals surface area contributed by atoms with Gasteiger partial charge < -0.3 is 20.6 Å². The van der Waals surface area contributed by atoms with Gasteiger partial charge in [-0.25, -0.2) is 13.8 Å². The number of anilines is 1. The van der Waals surface area contributed by atoms with Crippen molar-refractivity contribution < 1.29 is 27.9 Å². The molecule has 1 unspecified atom stereocenters. The molecule has 1 atom stereocenters. The van der Waals surface area contributed by atoms with Crippen LogP contribution in [0.1, 0.15) is 39.3 Å². The minimum atomic E-state index is -2.83. The van der Waals surface area contributed by atoms with Crippen molar-refractivity contribution >= 4 is 44.8 Å². The normalized spacial score (nSPS) is 14.9. The molecule has 2 aromatic heterocycles. The predicted octanol–water partition coefficient (Wildman–Crippen LogP) is 5.45. The summed E-state index contributed by atoms with van der Waals surface area (Å²) in [5.41, 5.74) is 8.61. The number of thiophene rings is 1. The molecule has 0 saturated heterocycles. The molecular formula is C27H22F2N4O4S. The number of amides is 2. The van der Waals surface area contributed by atoms with Gasteiger partial charge in [0.05, 0.1) is 18.5 Å². The van der Waals surface area contributed by atoms with Crippen molar-refractivity contribution in [3.05, 3.63) is 76.3 Å². The fourth-order valence-corrected chi connectivity index (χ4v) is 5.17. The van der Waals surface area contributed by atoms with Gasteiger partial charge in [0.2, 0.25) is 6.10 Å². The van der Waals surface area contributed by atoms with Crippen LogP contribution in [0.3, 0.4) is 0 Å². The SMILES string of the molecule is COc1ccc(C2=NOC(C(=O)Nc3c(C(N)=O)sc4nc(C(F)F)cc(-c5ccc(C)cc5)c34)C2)cc1. The van der Waals surface area contributed by atoms with Crippen LogP contribution in [0.4, 0.5) is 14.5 Å². The van der Waals surface area contributed by atoms with Crippen LogP contribution in [-0.2, 0) is 9.63 Å². The van der Waals surface area contributed by atoms with Gasteiger partial charge in [-0.05, 0) is 53.9 Å². The number of aryl methyl sites for hydroxylation is 1. The Balaban J connectivity index is 1.51. The summed E-state index contributed by atoms with van der Waals surface area (Å²) in [5, 5.41) is 7.14. The van der Waals surface area contributed by atoms with Gasteiger partial charge in [-0.2, -0.15) is 0 Å². The van der Waals surface area contributed by atoms with Crippen molar-refractivity contribution in [1.82, 2.24) is 4.98 Å². The third-order valence-electron chi connectivity index (χ3n) is 6.12. The van der Waals surface area contributed by atoms with Gasteiger partial charge >= 0.3 is 0 Å². The van der Waals surface area contributed by atoms with Gasteiger partial charge in [-0.15, -0.1) is 11.3 Å². The van der Waals surface area contributed by atoms with Crippen molar-refractivity contribution in [3.8, 4) is 16.9 Å². The number of pyridine rings is 1. The van der Waals surface area contributed by atoms with Crippen molar-refractivity contribution in [2.24, 2.45) is 10.9 Å². The van der Waals surface area contributed by atoms with Crippen LogP contribution < -0.4 is 15.8 Å². The number of oxime groups is 1. The van der Waals surface area contributed by atoms with Crippen LogP contribution in [0, 0.1) is 6.92 Å². The number of fused-ring (bicyclic) bond motifs is 1. The zero-order valence-electron chi connectivity index (χ0n) is 20.3. The molecule has 2 aromatic carbocycles. The summed E-state index contributed by atoms with van der Waals surface area (Å²) in [6, 6.07) is 15.7. The lowest BCUT2D eigenvalue weighted by molar-refractivity contribution is -0.125. The molecule has 0 spiro atoms. The maximum atomic E-state index is 13.7. The lowest BCUT2D eigenvalue weighted by atomic mass is 10.00. The van der Waals surface area contributed by atoms with Crippen molar-refractivity contribution in [2.45, 2.75) is 25.9 Å². The molecule has 4 aromatic rings. The molecule has 5 rings (SSSR count). The Bertz CT molecular complexity index is 1570. The van der Waals surface area contributed by atoms with E-state index in [1.807, 2.05) is 19.1 Å². The minimum absolute atomic E-state index is 0.00470. The van der Waals surface area contributed by atoms with E-state index in [1.54, 1.807) is 43.5 Å². The Morgan fingerprint density at radius 2 is 1.82 bits per heavy atom. The number of nitrogens with zero attached hydrogens (tertiary/aromatic N) is 2. The standard InChI is InChI=1S/C27H22F2N4O4S/c1-13-3-5-14(6-4-13)17-11-19(24(28)29)31-27-21(17)22(23(38-27)25(30)34)32-26(35)20-12-18(33-37-20)15-7-9-16(36-2)10-8-15/h3-11,20,24H,12H2,1-2H3,(H2,30,34)(H,32,35). The summed E-state index contributed by atoms with van der Waals surface area (Å²) >= 11 is 0.846. The number of rotatable bonds is 7. The summed E-state index contributed by atoms with van der Waals surface area (Å²) in [4.78, 5) is 35.2. The highest BCUT2D eigenvalue weighted by atomic mass is 32.1. The van der Waals surface area contributed by atoms with E-state index in [4.69, 9.17) is 15.3 Å². The van der Waals surface area contributed by atoms with Gasteiger partial charge in [0, 0.05) is 11.8 Å². The number of primary amides is 1. The Hall–Kier alpha value is -4.38. The summed E-state index contributed by atoms with van der Waals surface area (Å²) in [6.45, 7) is 1.90. The van der Waals surface area contributed by atoms with E-state index in [9.17, 15) is 18.4 Å². The number of ether oxygens (including phenoxy) is 1. The highest BCUT2D eigenvalue weighted by Crippen LogP contribution is 2.42. The van der Waals surface area contributed by atoms with Crippen LogP contribution in [0.2, 0.25) is 0 Å². The second-order valence-electron chi connectivity index (χ2n) is 8.67. The van der Waals surface area contributed by atoms with Crippen molar-refractivity contribution in [3.63, 3.8) is 0 Å². The maximum absolute atomic E-state index is 13.7. The van der Waals surface area contributed by atoms with E-state index >= 15 is 0 Å². The van der Waals surface area contributed by atoms with Gasteiger partial charge in [0.1, 0.15) is 21.2 Å². The first-order valence-electron chi connectivity index (χ1n) is 11.6. The fraction of sp³-hybridized carbons (Fsp3) is 0.185. The average molecular weight is 537 g/mol. The fourth-order valence-electron chi connectivity index (χ4n) is 4.16. The number of hydrogen-bond acceptors (Lipinski definition) is 7. The molecule has 3 N–H and O–H groups in total. The number of carbonyl (C=O) groups is 2. The van der Waals surface area contributed by atoms with Crippen LogP contribution in [-0.4, -0.2) is 35.7 Å². The Labute approximate surface area is 220 Å². The first-order valence-corrected chi connectivity index (χ1v) is 12.4. The van der Waals surface area contributed by atoms with Gasteiger partial charge in [0.25, 0.3) is 18.2 Å². The molecule has 0 bridgehead atoms. The quantitative estimate of drug-likeness (QED) is 0.326. The zero-order valence-corrected chi connectivity index (χ0v) is 21.1. The highest BCUT2D eigenvalue weighted by Gasteiger charge is 2.32. The Morgan fingerprint density at radius 3 is 2.45 bits per heavy atom. The Kier molecular flexibility index (Phi) is 6.77. The minimum Gasteiger partial charge on any atom is -0.497 e. The monoisotopic (exact) mass is 536 g/mol. The van der Waals surface area contributed by atoms with Gasteiger partial charge in [-0.1, -0.05) is 35.0 Å². The van der Waals surface area contributed by atoms with Crippen LogP contribution in [0.15, 0.2) is 59.8 Å². The summed E-state index contributed by atoms with van der Waals surface area (Å²) in [5.74, 6) is -0.703. The molecule has 0 fully saturated rings. The molecular weight excluding hydrogens is 514 g/mol. The predicted molar refractivity (Wildman–Crippen MR) is 141 cm³/mol. The molecule has 1 aliphatic rings. The largest absolute Gasteiger partial charge is 0.497 e. The number of halogens is 2. The van der Waals surface area contributed by atoms with Crippen molar-refractivity contribution in [2.75, 3.05) is 12.4 Å². The number of hydrogen-bond donors (Lipinski definition) is 2. The summed E-state index contributed by atoms with van der Waals surface area (Å²) in [7, 11) is 1.56. The second-order valence-corrected chi connectivity index (χ2v) is 9.66. The molecule has 0 aliphatic carbocycles. The Morgan fingerprint density at radius 1 is 1.13 bits per heavy atom. The van der Waals surface area contributed by atoms with E-state index in [1.165, 1.54) is 6.07 Å². The second kappa shape index (κ2) is 10.2. The number of benzene rings is 2. The van der Waals surface area contributed by atoms with Gasteiger partial charge in [0.15, 0.2) is 0 Å². The summed E-state index contributed by atoms with van der Waals surface area (Å²) in [6.07, 6.45) is -3.62. The molecule has 194 valence electrons. The third kappa shape index (κ3) is 4.80. The average Bonchev–Trinajstić information content (AvgIpc) is 3.54. The maximum Gasteiger partial charge on any atom is 0.280 e. The van der Waals surface area contributed by atoms with E-state index in [2.05, 4.69) is 15.5 Å². The highest BCUT2D eigenvalue weighted by molar-refractivity contribution is 7.21. The molecule has 3 heterocycles. The number of nitrogens with two attached hydrogens (primary N) is 1. The number of nitrogens with one attached hydrogen (secondary N) is 1. The number of aromatic nitrogens is 1. The topological polar surface area (TPSA) is 116 Å². The number of carbonyl (C=O) groups excluding carboxylic acids is 2. The van der Waals surface area contributed by atoms with E-state index in [-0.39, 0.29) is 21.8 Å². The molecule has 0 radical (unpaired) electrons. The van der Waals surface area contributed by atoms with E-state index < -0.39 is 30.0 Å².